The zero-order valence-corrected chi connectivity index (χ0v) is 14.0. The van der Waals surface area contributed by atoms with Gasteiger partial charge in [0, 0.05) is 0 Å². The van der Waals surface area contributed by atoms with Gasteiger partial charge in [-0.3, -0.25) is 14.1 Å². The number of unbranched alkanes of at least 4 members (excludes halogenated alkanes) is 4. The van der Waals surface area contributed by atoms with E-state index in [1.54, 1.807) is 0 Å². The summed E-state index contributed by atoms with van der Waals surface area (Å²) in [6.45, 7) is 4.36. The van der Waals surface area contributed by atoms with E-state index in [9.17, 15) is 18.0 Å². The first-order chi connectivity index (χ1) is 10.1. The molecular weight excluding hydrogens is 358 g/mol. The van der Waals surface area contributed by atoms with Crippen molar-refractivity contribution in [3.8, 4) is 0 Å². The van der Waals surface area contributed by atoms with Crippen molar-refractivity contribution in [3.63, 3.8) is 0 Å². The van der Waals surface area contributed by atoms with Crippen molar-refractivity contribution in [2.75, 3.05) is 6.61 Å². The SMILES string of the molecule is CC(C)CCCCCCCOC(=O)C(CC(=O)O)S(=O)(=O)O.[NaH].[NaH]. The van der Waals surface area contributed by atoms with E-state index >= 15 is 0 Å². The third-order valence-electron chi connectivity index (χ3n) is 3.15. The molecule has 0 aromatic carbocycles. The predicted molar refractivity (Wildman–Crippen MR) is 95.4 cm³/mol. The molecule has 0 aliphatic carbocycles. The van der Waals surface area contributed by atoms with E-state index in [4.69, 9.17) is 14.4 Å². The van der Waals surface area contributed by atoms with Crippen LogP contribution in [0.1, 0.15) is 58.8 Å². The molecule has 0 saturated heterocycles. The summed E-state index contributed by atoms with van der Waals surface area (Å²) in [5.74, 6) is -2.03. The molecule has 1 unspecified atom stereocenters. The first-order valence-electron chi connectivity index (χ1n) is 7.49. The molecule has 7 nitrogen and oxygen atoms in total. The van der Waals surface area contributed by atoms with E-state index in [1.807, 2.05) is 0 Å². The number of rotatable bonds is 12. The van der Waals surface area contributed by atoms with Crippen molar-refractivity contribution in [3.05, 3.63) is 0 Å². The summed E-state index contributed by atoms with van der Waals surface area (Å²) in [6, 6.07) is 0. The van der Waals surface area contributed by atoms with Crippen LogP contribution in [-0.2, 0) is 24.4 Å². The second-order valence-electron chi connectivity index (χ2n) is 5.72. The number of esters is 1. The minimum absolute atomic E-state index is 0. The zero-order valence-electron chi connectivity index (χ0n) is 13.2. The Hall–Kier alpha value is 0.850. The predicted octanol–water partition coefficient (Wildman–Crippen LogP) is 0.960. The van der Waals surface area contributed by atoms with Gasteiger partial charge in [-0.05, 0) is 12.3 Å². The van der Waals surface area contributed by atoms with Crippen LogP contribution in [0.4, 0.5) is 0 Å². The summed E-state index contributed by atoms with van der Waals surface area (Å²) in [5, 5.41) is 6.48. The van der Waals surface area contributed by atoms with E-state index in [0.717, 1.165) is 25.7 Å². The molecule has 0 spiro atoms. The second kappa shape index (κ2) is 16.1. The Labute approximate surface area is 188 Å². The summed E-state index contributed by atoms with van der Waals surface area (Å²) in [4.78, 5) is 22.0. The van der Waals surface area contributed by atoms with Crippen LogP contribution in [0, 0.1) is 5.92 Å². The molecule has 2 N–H and O–H groups in total. The Balaban J connectivity index is -0.00000220. The number of carboxylic acids is 1. The van der Waals surface area contributed by atoms with E-state index in [0.29, 0.717) is 12.3 Å². The first-order valence-corrected chi connectivity index (χ1v) is 8.99. The van der Waals surface area contributed by atoms with Gasteiger partial charge in [0.2, 0.25) is 0 Å². The Kier molecular flexibility index (Phi) is 19.8. The molecule has 0 rings (SSSR count). The van der Waals surface area contributed by atoms with Crippen LogP contribution < -0.4 is 0 Å². The molecule has 0 radical (unpaired) electrons. The minimum atomic E-state index is -4.78. The molecule has 1 atom stereocenters. The number of hydrogen-bond acceptors (Lipinski definition) is 5. The molecule has 0 fully saturated rings. The topological polar surface area (TPSA) is 118 Å². The third-order valence-corrected chi connectivity index (χ3v) is 4.23. The Bertz CT molecular complexity index is 452. The van der Waals surface area contributed by atoms with Gasteiger partial charge in [-0.2, -0.15) is 8.42 Å². The molecule has 134 valence electrons. The van der Waals surface area contributed by atoms with E-state index in [1.165, 1.54) is 6.42 Å². The van der Waals surface area contributed by atoms with Crippen LogP contribution >= 0.6 is 0 Å². The third kappa shape index (κ3) is 16.3. The van der Waals surface area contributed by atoms with Crippen LogP contribution in [0.5, 0.6) is 0 Å². The maximum absolute atomic E-state index is 11.5. The van der Waals surface area contributed by atoms with Gasteiger partial charge in [-0.15, -0.1) is 0 Å². The molecule has 0 aromatic rings. The summed E-state index contributed by atoms with van der Waals surface area (Å²) >= 11 is 0. The monoisotopic (exact) mass is 386 g/mol. The quantitative estimate of drug-likeness (QED) is 0.222. The average Bonchev–Trinajstić information content (AvgIpc) is 2.37. The fraction of sp³-hybridized carbons (Fsp3) is 0.857. The first kappa shape index (κ1) is 29.6. The van der Waals surface area contributed by atoms with Gasteiger partial charge in [0.15, 0.2) is 5.25 Å². The molecule has 0 saturated carbocycles. The number of carbonyl (C=O) groups excluding carboxylic acids is 1. The zero-order chi connectivity index (χ0) is 17.2. The van der Waals surface area contributed by atoms with Crippen molar-refractivity contribution in [1.82, 2.24) is 0 Å². The second-order valence-corrected chi connectivity index (χ2v) is 7.32. The van der Waals surface area contributed by atoms with Gasteiger partial charge in [0.1, 0.15) is 0 Å². The molecular formula is C14H28Na2O7S. The summed E-state index contributed by atoms with van der Waals surface area (Å²) < 4.78 is 35.5. The number of carboxylic acid groups (broad SMARTS) is 1. The molecule has 10 heteroatoms. The number of ether oxygens (including phenoxy) is 1. The fourth-order valence-electron chi connectivity index (χ4n) is 1.92. The van der Waals surface area contributed by atoms with Crippen LogP contribution in [0.2, 0.25) is 0 Å². The maximum atomic E-state index is 11.5. The number of hydrogen-bond donors (Lipinski definition) is 2. The van der Waals surface area contributed by atoms with Gasteiger partial charge in [-0.1, -0.05) is 46.0 Å². The number of aliphatic carboxylic acids is 1. The van der Waals surface area contributed by atoms with Gasteiger partial charge in [0.25, 0.3) is 10.1 Å². The van der Waals surface area contributed by atoms with Crippen LogP contribution in [0.25, 0.3) is 0 Å². The van der Waals surface area contributed by atoms with Crippen molar-refractivity contribution < 1.29 is 32.4 Å². The average molecular weight is 386 g/mol. The molecule has 0 aromatic heterocycles. The van der Waals surface area contributed by atoms with E-state index < -0.39 is 33.7 Å². The van der Waals surface area contributed by atoms with Gasteiger partial charge in [0.05, 0.1) is 13.0 Å². The van der Waals surface area contributed by atoms with Crippen LogP contribution in [0.3, 0.4) is 0 Å². The summed E-state index contributed by atoms with van der Waals surface area (Å²) in [7, 11) is -4.78. The van der Waals surface area contributed by atoms with Crippen LogP contribution in [-0.4, -0.2) is 101 Å². The Morgan fingerprint density at radius 2 is 1.50 bits per heavy atom. The van der Waals surface area contributed by atoms with Crippen molar-refractivity contribution in [1.29, 1.82) is 0 Å². The Morgan fingerprint density at radius 1 is 1.00 bits per heavy atom. The molecule has 0 amide bonds. The molecule has 0 aliphatic heterocycles. The standard InChI is InChI=1S/C14H26O7S.2Na.2H/c1-11(2)8-6-4-3-5-7-9-21-14(17)12(10-13(15)16)22(18,19)20;;;;/h11-12H,3-10H2,1-2H3,(H,15,16)(H,18,19,20);;;;. The molecule has 0 heterocycles. The fourth-order valence-corrected chi connectivity index (χ4v) is 2.58. The molecule has 24 heavy (non-hydrogen) atoms. The summed E-state index contributed by atoms with van der Waals surface area (Å²) in [5.41, 5.74) is 0. The number of carbonyl (C=O) groups is 2. The Morgan fingerprint density at radius 3 is 1.96 bits per heavy atom. The molecule has 0 bridgehead atoms. The van der Waals surface area contributed by atoms with Gasteiger partial charge >= 0.3 is 71.1 Å². The van der Waals surface area contributed by atoms with Crippen LogP contribution in [0.15, 0.2) is 0 Å². The van der Waals surface area contributed by atoms with Gasteiger partial charge in [-0.25, -0.2) is 0 Å². The molecule has 0 aliphatic rings. The van der Waals surface area contributed by atoms with E-state index in [2.05, 4.69) is 13.8 Å². The van der Waals surface area contributed by atoms with Crippen molar-refractivity contribution >= 4 is 81.2 Å². The van der Waals surface area contributed by atoms with E-state index in [-0.39, 0.29) is 65.7 Å². The van der Waals surface area contributed by atoms with Gasteiger partial charge < -0.3 is 9.84 Å². The van der Waals surface area contributed by atoms with Crippen molar-refractivity contribution in [2.45, 2.75) is 64.0 Å². The van der Waals surface area contributed by atoms with Crippen molar-refractivity contribution in [2.24, 2.45) is 5.92 Å². The normalized spacial score (nSPS) is 12.0. The summed E-state index contributed by atoms with van der Waals surface area (Å²) in [6.07, 6.45) is 4.85.